The second-order valence-corrected chi connectivity index (χ2v) is 4.31. The predicted octanol–water partition coefficient (Wildman–Crippen LogP) is 3.81. The monoisotopic (exact) mass is 305 g/mol. The first-order chi connectivity index (χ1) is 9.81. The molecule has 0 amide bonds. The van der Waals surface area contributed by atoms with Crippen molar-refractivity contribution in [3.8, 4) is 0 Å². The van der Waals surface area contributed by atoms with E-state index in [9.17, 15) is 22.0 Å². The molecule has 0 unspecified atom stereocenters. The molecule has 0 atom stereocenters. The minimum atomic E-state index is -4.51. The lowest BCUT2D eigenvalue weighted by molar-refractivity contribution is -0.144. The average Bonchev–Trinajstić information content (AvgIpc) is 2.83. The first kappa shape index (κ1) is 15.3. The van der Waals surface area contributed by atoms with Gasteiger partial charge in [-0.25, -0.2) is 8.78 Å². The quantitative estimate of drug-likeness (QED) is 0.871. The van der Waals surface area contributed by atoms with Crippen molar-refractivity contribution < 1.29 is 22.0 Å². The minimum absolute atomic E-state index is 0.0587. The maximum Gasteiger partial charge on any atom is 0.433 e. The Morgan fingerprint density at radius 1 is 1.19 bits per heavy atom. The van der Waals surface area contributed by atoms with Gasteiger partial charge in [-0.15, -0.1) is 0 Å². The van der Waals surface area contributed by atoms with E-state index in [1.807, 2.05) is 0 Å². The smallest absolute Gasteiger partial charge is 0.377 e. The maximum atomic E-state index is 13.4. The summed E-state index contributed by atoms with van der Waals surface area (Å²) in [4.78, 5) is 0. The van der Waals surface area contributed by atoms with Gasteiger partial charge < -0.3 is 5.32 Å². The molecule has 21 heavy (non-hydrogen) atoms. The lowest BCUT2D eigenvalue weighted by Crippen LogP contribution is -2.13. The van der Waals surface area contributed by atoms with E-state index in [0.29, 0.717) is 0 Å². The number of benzene rings is 1. The van der Waals surface area contributed by atoms with Gasteiger partial charge in [0.05, 0.1) is 17.9 Å². The number of halogens is 5. The van der Waals surface area contributed by atoms with Crippen LogP contribution in [0.5, 0.6) is 0 Å². The molecule has 1 heterocycles. The molecule has 0 radical (unpaired) electrons. The van der Waals surface area contributed by atoms with Gasteiger partial charge in [-0.2, -0.15) is 18.3 Å². The highest BCUT2D eigenvalue weighted by Crippen LogP contribution is 2.30. The fraction of sp³-hybridized carbons (Fsp3) is 0.308. The standard InChI is InChI=1S/C13H12F5N3/c1-2-21-12(13(16,17)18)6-9(20-21)7-19-11-5-8(14)3-4-10(11)15/h3-6,19H,2,7H2,1H3. The van der Waals surface area contributed by atoms with Crippen molar-refractivity contribution in [1.82, 2.24) is 9.78 Å². The van der Waals surface area contributed by atoms with E-state index < -0.39 is 23.5 Å². The van der Waals surface area contributed by atoms with Crippen LogP contribution in [-0.4, -0.2) is 9.78 Å². The molecule has 8 heteroatoms. The number of hydrogen-bond acceptors (Lipinski definition) is 2. The summed E-state index contributed by atoms with van der Waals surface area (Å²) in [6.07, 6.45) is -4.51. The molecule has 1 aromatic heterocycles. The van der Waals surface area contributed by atoms with Gasteiger partial charge >= 0.3 is 6.18 Å². The molecule has 0 bridgehead atoms. The van der Waals surface area contributed by atoms with Crippen LogP contribution in [0, 0.1) is 11.6 Å². The van der Waals surface area contributed by atoms with E-state index in [0.717, 1.165) is 28.9 Å². The molecule has 0 fully saturated rings. The normalized spacial score (nSPS) is 11.7. The van der Waals surface area contributed by atoms with Gasteiger partial charge in [0.25, 0.3) is 0 Å². The minimum Gasteiger partial charge on any atom is -0.377 e. The fourth-order valence-electron chi connectivity index (χ4n) is 1.84. The average molecular weight is 305 g/mol. The van der Waals surface area contributed by atoms with Crippen LogP contribution in [0.2, 0.25) is 0 Å². The first-order valence-electron chi connectivity index (χ1n) is 6.14. The molecule has 0 aliphatic heterocycles. The largest absolute Gasteiger partial charge is 0.433 e. The van der Waals surface area contributed by atoms with Crippen LogP contribution in [0.1, 0.15) is 18.3 Å². The van der Waals surface area contributed by atoms with Crippen molar-refractivity contribution in [3.63, 3.8) is 0 Å². The number of hydrogen-bond donors (Lipinski definition) is 1. The van der Waals surface area contributed by atoms with Crippen LogP contribution in [0.25, 0.3) is 0 Å². The molecule has 0 aliphatic rings. The summed E-state index contributed by atoms with van der Waals surface area (Å²) in [5.74, 6) is -1.34. The number of anilines is 1. The SMILES string of the molecule is CCn1nc(CNc2cc(F)ccc2F)cc1C(F)(F)F. The topological polar surface area (TPSA) is 29.9 Å². The summed E-state index contributed by atoms with van der Waals surface area (Å²) >= 11 is 0. The van der Waals surface area contributed by atoms with Crippen molar-refractivity contribution in [2.24, 2.45) is 0 Å². The molecule has 0 aliphatic carbocycles. The summed E-state index contributed by atoms with van der Waals surface area (Å²) in [5, 5.41) is 6.31. The Bertz CT molecular complexity index is 633. The molecule has 0 saturated heterocycles. The number of alkyl halides is 3. The summed E-state index contributed by atoms with van der Waals surface area (Å²) in [5.41, 5.74) is -0.913. The van der Waals surface area contributed by atoms with Gasteiger partial charge in [0.15, 0.2) is 0 Å². The van der Waals surface area contributed by atoms with Gasteiger partial charge in [-0.05, 0) is 31.2 Å². The van der Waals surface area contributed by atoms with Crippen molar-refractivity contribution in [3.05, 3.63) is 47.3 Å². The molecule has 2 aromatic rings. The summed E-state index contributed by atoms with van der Waals surface area (Å²) in [6, 6.07) is 3.70. The highest BCUT2D eigenvalue weighted by Gasteiger charge is 2.35. The van der Waals surface area contributed by atoms with Gasteiger partial charge in [0.2, 0.25) is 0 Å². The van der Waals surface area contributed by atoms with Crippen molar-refractivity contribution >= 4 is 5.69 Å². The van der Waals surface area contributed by atoms with E-state index in [4.69, 9.17) is 0 Å². The molecule has 1 aromatic carbocycles. The summed E-state index contributed by atoms with van der Waals surface area (Å²) < 4.78 is 65.4. The Balaban J connectivity index is 2.17. The van der Waals surface area contributed by atoms with Crippen molar-refractivity contribution in [2.75, 3.05) is 5.32 Å². The Morgan fingerprint density at radius 3 is 2.48 bits per heavy atom. The van der Waals surface area contributed by atoms with Gasteiger partial charge in [0, 0.05) is 6.54 Å². The summed E-state index contributed by atoms with van der Waals surface area (Å²) in [7, 11) is 0. The van der Waals surface area contributed by atoms with Crippen molar-refractivity contribution in [2.45, 2.75) is 26.2 Å². The number of rotatable bonds is 4. The molecule has 2 rings (SSSR count). The van der Waals surface area contributed by atoms with Gasteiger partial charge in [-0.3, -0.25) is 4.68 Å². The Kier molecular flexibility index (Phi) is 4.15. The first-order valence-corrected chi connectivity index (χ1v) is 6.14. The van der Waals surface area contributed by atoms with Crippen LogP contribution in [0.15, 0.2) is 24.3 Å². The lowest BCUT2D eigenvalue weighted by Gasteiger charge is -2.07. The fourth-order valence-corrected chi connectivity index (χ4v) is 1.84. The molecular formula is C13H12F5N3. The van der Waals surface area contributed by atoms with Gasteiger partial charge in [-0.1, -0.05) is 0 Å². The Hall–Kier alpha value is -2.12. The second kappa shape index (κ2) is 5.71. The highest BCUT2D eigenvalue weighted by molar-refractivity contribution is 5.45. The van der Waals surface area contributed by atoms with E-state index >= 15 is 0 Å². The zero-order valence-electron chi connectivity index (χ0n) is 11.0. The maximum absolute atomic E-state index is 13.4. The molecular weight excluding hydrogens is 293 g/mol. The number of aromatic nitrogens is 2. The van der Waals surface area contributed by atoms with E-state index in [1.165, 1.54) is 6.92 Å². The third-order valence-electron chi connectivity index (χ3n) is 2.81. The van der Waals surface area contributed by atoms with Crippen LogP contribution in [0.4, 0.5) is 27.6 Å². The van der Waals surface area contributed by atoms with Crippen molar-refractivity contribution in [1.29, 1.82) is 0 Å². The lowest BCUT2D eigenvalue weighted by atomic mass is 10.3. The molecule has 1 N–H and O–H groups in total. The highest BCUT2D eigenvalue weighted by atomic mass is 19.4. The number of nitrogens with zero attached hydrogens (tertiary/aromatic N) is 2. The number of nitrogens with one attached hydrogen (secondary N) is 1. The number of aryl methyl sites for hydroxylation is 1. The predicted molar refractivity (Wildman–Crippen MR) is 66.6 cm³/mol. The second-order valence-electron chi connectivity index (χ2n) is 4.31. The zero-order valence-corrected chi connectivity index (χ0v) is 11.0. The molecule has 3 nitrogen and oxygen atoms in total. The third kappa shape index (κ3) is 3.50. The Labute approximate surface area is 117 Å². The molecule has 114 valence electrons. The van der Waals surface area contributed by atoms with Gasteiger partial charge in [0.1, 0.15) is 17.3 Å². The van der Waals surface area contributed by atoms with Crippen LogP contribution in [0.3, 0.4) is 0 Å². The van der Waals surface area contributed by atoms with Crippen LogP contribution in [-0.2, 0) is 19.3 Å². The van der Waals surface area contributed by atoms with E-state index in [-0.39, 0.29) is 24.5 Å². The third-order valence-corrected chi connectivity index (χ3v) is 2.81. The molecule has 0 saturated carbocycles. The van der Waals surface area contributed by atoms with E-state index in [2.05, 4.69) is 10.4 Å². The summed E-state index contributed by atoms with van der Waals surface area (Å²) in [6.45, 7) is 1.45. The van der Waals surface area contributed by atoms with Crippen LogP contribution < -0.4 is 5.32 Å². The van der Waals surface area contributed by atoms with Crippen LogP contribution >= 0.6 is 0 Å². The Morgan fingerprint density at radius 2 is 1.90 bits per heavy atom. The zero-order chi connectivity index (χ0) is 15.6. The van der Waals surface area contributed by atoms with E-state index in [1.54, 1.807) is 0 Å². The molecule has 0 spiro atoms.